The molecule has 16 heavy (non-hydrogen) atoms. The van der Waals surface area contributed by atoms with Crippen molar-refractivity contribution in [2.24, 2.45) is 5.73 Å². The van der Waals surface area contributed by atoms with Crippen molar-refractivity contribution in [2.75, 3.05) is 0 Å². The average Bonchev–Trinajstić information content (AvgIpc) is 2.27. The number of benzene rings is 1. The van der Waals surface area contributed by atoms with E-state index in [2.05, 4.69) is 5.32 Å². The van der Waals surface area contributed by atoms with Gasteiger partial charge in [0.1, 0.15) is 0 Å². The van der Waals surface area contributed by atoms with E-state index in [4.69, 9.17) is 11.0 Å². The summed E-state index contributed by atoms with van der Waals surface area (Å²) in [6.45, 7) is 0.301. The maximum Gasteiger partial charge on any atom is 0.312 e. The molecular weight excluding hydrogens is 208 g/mol. The van der Waals surface area contributed by atoms with Gasteiger partial charge in [-0.15, -0.1) is 0 Å². The van der Waals surface area contributed by atoms with Crippen molar-refractivity contribution in [3.63, 3.8) is 0 Å². The summed E-state index contributed by atoms with van der Waals surface area (Å²) in [5.74, 6) is -0.461. The first-order chi connectivity index (χ1) is 7.63. The van der Waals surface area contributed by atoms with E-state index in [1.807, 2.05) is 5.32 Å². The number of nitrogens with two attached hydrogens (primary N) is 1. The molecular formula is C10H10N4O2. The van der Waals surface area contributed by atoms with Crippen LogP contribution < -0.4 is 16.4 Å². The van der Waals surface area contributed by atoms with Gasteiger partial charge in [-0.1, -0.05) is 12.1 Å². The summed E-state index contributed by atoms with van der Waals surface area (Å²) in [7, 11) is 0. The van der Waals surface area contributed by atoms with E-state index >= 15 is 0 Å². The second-order valence-corrected chi connectivity index (χ2v) is 2.98. The molecule has 0 aliphatic heterocycles. The van der Waals surface area contributed by atoms with Crippen LogP contribution in [0.1, 0.15) is 15.9 Å². The van der Waals surface area contributed by atoms with Crippen LogP contribution in [0, 0.1) is 11.5 Å². The monoisotopic (exact) mass is 218 g/mol. The Labute approximate surface area is 92.0 Å². The summed E-state index contributed by atoms with van der Waals surface area (Å²) in [5, 5.41) is 12.7. The van der Waals surface area contributed by atoms with Gasteiger partial charge in [0.15, 0.2) is 6.19 Å². The van der Waals surface area contributed by atoms with Crippen LogP contribution in [0.5, 0.6) is 0 Å². The van der Waals surface area contributed by atoms with Crippen molar-refractivity contribution >= 4 is 11.9 Å². The number of nitrogens with one attached hydrogen (secondary N) is 2. The van der Waals surface area contributed by atoms with E-state index < -0.39 is 11.9 Å². The van der Waals surface area contributed by atoms with E-state index in [9.17, 15) is 9.59 Å². The summed E-state index contributed by atoms with van der Waals surface area (Å²) >= 11 is 0. The lowest BCUT2D eigenvalue weighted by Crippen LogP contribution is -2.28. The number of hydrogen-bond donors (Lipinski definition) is 3. The number of amides is 3. The predicted molar refractivity (Wildman–Crippen MR) is 55.9 cm³/mol. The van der Waals surface area contributed by atoms with Crippen LogP contribution in [0.3, 0.4) is 0 Å². The average molecular weight is 218 g/mol. The number of carbonyl (C=O) groups is 2. The molecule has 0 aliphatic rings. The summed E-state index contributed by atoms with van der Waals surface area (Å²) in [5.41, 5.74) is 6.10. The Morgan fingerprint density at radius 1 is 1.31 bits per heavy atom. The number of rotatable bonds is 3. The second-order valence-electron chi connectivity index (χ2n) is 2.98. The number of urea groups is 1. The Bertz CT molecular complexity index is 433. The van der Waals surface area contributed by atoms with Gasteiger partial charge in [0.05, 0.1) is 0 Å². The third kappa shape index (κ3) is 3.31. The Kier molecular flexibility index (Phi) is 3.86. The molecule has 0 fully saturated rings. The smallest absolute Gasteiger partial charge is 0.312 e. The molecule has 0 heterocycles. The van der Waals surface area contributed by atoms with Crippen molar-refractivity contribution < 1.29 is 9.59 Å². The maximum absolute atomic E-state index is 11.2. The van der Waals surface area contributed by atoms with Gasteiger partial charge < -0.3 is 11.1 Å². The minimum absolute atomic E-state index is 0.301. The Morgan fingerprint density at radius 2 is 1.94 bits per heavy atom. The summed E-state index contributed by atoms with van der Waals surface area (Å²) in [6, 6.07) is 5.85. The van der Waals surface area contributed by atoms with Gasteiger partial charge in [-0.25, -0.2) is 4.79 Å². The standard InChI is InChI=1S/C10H10N4O2/c11-6-14-9(15)8-3-1-7(2-4-8)5-13-10(12)16/h1-4H,5H2,(H,14,15)(H3,12,13,16). The highest BCUT2D eigenvalue weighted by molar-refractivity contribution is 5.95. The number of nitrogens with zero attached hydrogens (tertiary/aromatic N) is 1. The Balaban J connectivity index is 2.65. The zero-order valence-electron chi connectivity index (χ0n) is 8.36. The van der Waals surface area contributed by atoms with Crippen molar-refractivity contribution in [2.45, 2.75) is 6.54 Å². The normalized spacial score (nSPS) is 8.94. The number of carbonyl (C=O) groups excluding carboxylic acids is 2. The van der Waals surface area contributed by atoms with E-state index in [-0.39, 0.29) is 0 Å². The van der Waals surface area contributed by atoms with Crippen LogP contribution in [-0.2, 0) is 6.54 Å². The zero-order chi connectivity index (χ0) is 12.0. The fourth-order valence-corrected chi connectivity index (χ4v) is 1.09. The number of nitriles is 1. The van der Waals surface area contributed by atoms with Crippen LogP contribution in [0.25, 0.3) is 0 Å². The topological polar surface area (TPSA) is 108 Å². The quantitative estimate of drug-likeness (QED) is 0.493. The largest absolute Gasteiger partial charge is 0.352 e. The third-order valence-corrected chi connectivity index (χ3v) is 1.85. The highest BCUT2D eigenvalue weighted by Crippen LogP contribution is 2.04. The molecule has 0 unspecified atom stereocenters. The van der Waals surface area contributed by atoms with Gasteiger partial charge in [0, 0.05) is 12.1 Å². The zero-order valence-corrected chi connectivity index (χ0v) is 8.36. The lowest BCUT2D eigenvalue weighted by Gasteiger charge is -2.03. The molecule has 1 aromatic rings. The van der Waals surface area contributed by atoms with Crippen molar-refractivity contribution in [1.29, 1.82) is 5.26 Å². The summed E-state index contributed by atoms with van der Waals surface area (Å²) < 4.78 is 0. The first-order valence-corrected chi connectivity index (χ1v) is 4.45. The molecule has 1 rings (SSSR count). The van der Waals surface area contributed by atoms with Crippen molar-refractivity contribution in [3.8, 4) is 6.19 Å². The molecule has 1 aromatic carbocycles. The molecule has 4 N–H and O–H groups in total. The maximum atomic E-state index is 11.2. The fourth-order valence-electron chi connectivity index (χ4n) is 1.09. The third-order valence-electron chi connectivity index (χ3n) is 1.85. The highest BCUT2D eigenvalue weighted by atomic mass is 16.2. The van der Waals surface area contributed by atoms with Crippen LogP contribution in [0.4, 0.5) is 4.79 Å². The predicted octanol–water partition coefficient (Wildman–Crippen LogP) is 0.0658. The van der Waals surface area contributed by atoms with Gasteiger partial charge in [-0.3, -0.25) is 10.1 Å². The van der Waals surface area contributed by atoms with Crippen molar-refractivity contribution in [3.05, 3.63) is 35.4 Å². The molecule has 0 aliphatic carbocycles. The van der Waals surface area contributed by atoms with Gasteiger partial charge in [0.25, 0.3) is 5.91 Å². The van der Waals surface area contributed by atoms with Gasteiger partial charge in [-0.05, 0) is 17.7 Å². The summed E-state index contributed by atoms with van der Waals surface area (Å²) in [4.78, 5) is 21.6. The molecule has 82 valence electrons. The number of hydrogen-bond acceptors (Lipinski definition) is 3. The molecule has 0 atom stereocenters. The first-order valence-electron chi connectivity index (χ1n) is 4.45. The van der Waals surface area contributed by atoms with Crippen LogP contribution >= 0.6 is 0 Å². The van der Waals surface area contributed by atoms with Crippen LogP contribution in [-0.4, -0.2) is 11.9 Å². The lowest BCUT2D eigenvalue weighted by atomic mass is 10.1. The Morgan fingerprint density at radius 3 is 2.44 bits per heavy atom. The van der Waals surface area contributed by atoms with E-state index in [0.717, 1.165) is 5.56 Å². The molecule has 6 heteroatoms. The fraction of sp³-hybridized carbons (Fsp3) is 0.100. The Hall–Kier alpha value is -2.55. The molecule has 0 aromatic heterocycles. The molecule has 3 amide bonds. The van der Waals surface area contributed by atoms with E-state index in [0.29, 0.717) is 12.1 Å². The van der Waals surface area contributed by atoms with Gasteiger partial charge >= 0.3 is 6.03 Å². The minimum Gasteiger partial charge on any atom is -0.352 e. The van der Waals surface area contributed by atoms with Crippen molar-refractivity contribution in [1.82, 2.24) is 10.6 Å². The molecule has 0 radical (unpaired) electrons. The lowest BCUT2D eigenvalue weighted by molar-refractivity contribution is 0.0973. The molecule has 0 bridgehead atoms. The van der Waals surface area contributed by atoms with Gasteiger partial charge in [-0.2, -0.15) is 5.26 Å². The van der Waals surface area contributed by atoms with E-state index in [1.54, 1.807) is 30.5 Å². The molecule has 6 nitrogen and oxygen atoms in total. The molecule has 0 saturated carbocycles. The summed E-state index contributed by atoms with van der Waals surface area (Å²) in [6.07, 6.45) is 1.55. The van der Waals surface area contributed by atoms with Gasteiger partial charge in [0.2, 0.25) is 0 Å². The first kappa shape index (κ1) is 11.5. The minimum atomic E-state index is -0.605. The second kappa shape index (κ2) is 5.36. The van der Waals surface area contributed by atoms with Crippen LogP contribution in [0.2, 0.25) is 0 Å². The SMILES string of the molecule is N#CNC(=O)c1ccc(CNC(N)=O)cc1. The van der Waals surface area contributed by atoms with Crippen LogP contribution in [0.15, 0.2) is 24.3 Å². The molecule has 0 saturated heterocycles. The molecule has 0 spiro atoms. The van der Waals surface area contributed by atoms with E-state index in [1.165, 1.54) is 0 Å². The highest BCUT2D eigenvalue weighted by Gasteiger charge is 2.03. The number of primary amides is 1.